The van der Waals surface area contributed by atoms with E-state index in [1.807, 2.05) is 42.5 Å². The van der Waals surface area contributed by atoms with Crippen molar-refractivity contribution in [1.82, 2.24) is 5.32 Å². The first-order valence-corrected chi connectivity index (χ1v) is 13.3. The number of benzene rings is 2. The van der Waals surface area contributed by atoms with E-state index in [9.17, 15) is 13.2 Å². The molecule has 8 nitrogen and oxygen atoms in total. The molecule has 1 fully saturated rings. The van der Waals surface area contributed by atoms with Crippen LogP contribution in [0.2, 0.25) is 0 Å². The molecule has 0 unspecified atom stereocenters. The number of carbonyl (C=O) groups excluding carboxylic acids is 1. The first-order chi connectivity index (χ1) is 15.8. The molecule has 176 valence electrons. The minimum Gasteiger partial charge on any atom is -0.497 e. The smallest absolute Gasteiger partial charge is 0.224 e. The van der Waals surface area contributed by atoms with Gasteiger partial charge in [-0.05, 0) is 35.7 Å². The number of nitrogens with zero attached hydrogens (tertiary/aromatic N) is 1. The number of nitrogens with one attached hydrogen (secondary N) is 2. The highest BCUT2D eigenvalue weighted by atomic mass is 32.2. The predicted molar refractivity (Wildman–Crippen MR) is 131 cm³/mol. The van der Waals surface area contributed by atoms with Gasteiger partial charge in [-0.15, -0.1) is 0 Å². The van der Waals surface area contributed by atoms with Crippen molar-refractivity contribution >= 4 is 38.4 Å². The fourth-order valence-corrected chi connectivity index (χ4v) is 7.56. The molecule has 0 radical (unpaired) electrons. The van der Waals surface area contributed by atoms with Crippen LogP contribution >= 0.6 is 11.8 Å². The van der Waals surface area contributed by atoms with Crippen molar-refractivity contribution in [2.75, 3.05) is 37.6 Å². The van der Waals surface area contributed by atoms with Crippen molar-refractivity contribution in [3.8, 4) is 11.5 Å². The fraction of sp³-hybridized carbons (Fsp3) is 0.391. The summed E-state index contributed by atoms with van der Waals surface area (Å²) in [6.45, 7) is 0.510. The highest BCUT2D eigenvalue weighted by Gasteiger charge is 2.42. The molecule has 4 rings (SSSR count). The largest absolute Gasteiger partial charge is 0.497 e. The van der Waals surface area contributed by atoms with E-state index in [0.29, 0.717) is 13.0 Å². The summed E-state index contributed by atoms with van der Waals surface area (Å²) in [5.41, 5.74) is 2.77. The summed E-state index contributed by atoms with van der Waals surface area (Å²) in [6, 6.07) is 13.1. The molecule has 2 aromatic carbocycles. The van der Waals surface area contributed by atoms with Gasteiger partial charge >= 0.3 is 0 Å². The molecule has 0 aromatic heterocycles. The lowest BCUT2D eigenvalue weighted by Gasteiger charge is -2.11. The first kappa shape index (κ1) is 23.4. The van der Waals surface area contributed by atoms with Crippen molar-refractivity contribution < 1.29 is 22.7 Å². The number of thioether (sulfide) groups is 1. The fourth-order valence-electron chi connectivity index (χ4n) is 3.89. The van der Waals surface area contributed by atoms with Gasteiger partial charge in [0, 0.05) is 23.5 Å². The Kier molecular flexibility index (Phi) is 7.14. The number of anilines is 1. The molecule has 2 aliphatic heterocycles. The molecule has 33 heavy (non-hydrogen) atoms. The highest BCUT2D eigenvalue weighted by molar-refractivity contribution is 8.15. The van der Waals surface area contributed by atoms with Crippen molar-refractivity contribution in [3.63, 3.8) is 0 Å². The number of hydrogen-bond acceptors (Lipinski definition) is 8. The van der Waals surface area contributed by atoms with Gasteiger partial charge in [-0.25, -0.2) is 8.42 Å². The summed E-state index contributed by atoms with van der Waals surface area (Å²) < 4.78 is 34.0. The standard InChI is InChI=1S/C23H27N3O5S2/c1-30-18-8-5-16(20(12-18)31-2)9-10-24-22(27)11-15-3-6-17(7-4-15)25-23-26-19-13-33(28,29)14-21(19)32-23/h3-8,12,19,21H,9-11,13-14H2,1-2H3,(H,24,27)(H,25,26)/t19-,21+/m0/s1. The minimum absolute atomic E-state index is 0.0124. The molecule has 2 atom stereocenters. The summed E-state index contributed by atoms with van der Waals surface area (Å²) >= 11 is 1.48. The zero-order chi connectivity index (χ0) is 23.4. The minimum atomic E-state index is -2.95. The van der Waals surface area contributed by atoms with Gasteiger partial charge in [0.15, 0.2) is 15.0 Å². The third kappa shape index (κ3) is 6.00. The Balaban J connectivity index is 1.23. The predicted octanol–water partition coefficient (Wildman–Crippen LogP) is 2.29. The van der Waals surface area contributed by atoms with E-state index in [2.05, 4.69) is 15.6 Å². The average molecular weight is 490 g/mol. The Morgan fingerprint density at radius 2 is 1.91 bits per heavy atom. The highest BCUT2D eigenvalue weighted by Crippen LogP contribution is 2.34. The van der Waals surface area contributed by atoms with E-state index in [1.54, 1.807) is 14.2 Å². The normalized spacial score (nSPS) is 20.6. The number of amidine groups is 1. The van der Waals surface area contributed by atoms with E-state index in [1.165, 1.54) is 11.8 Å². The Labute approximate surface area is 198 Å². The second-order valence-electron chi connectivity index (χ2n) is 8.01. The first-order valence-electron chi connectivity index (χ1n) is 10.6. The molecule has 0 spiro atoms. The molecule has 0 saturated carbocycles. The Hall–Kier alpha value is -2.72. The quantitative estimate of drug-likeness (QED) is 0.586. The van der Waals surface area contributed by atoms with Gasteiger partial charge in [-0.2, -0.15) is 0 Å². The maximum absolute atomic E-state index is 12.3. The van der Waals surface area contributed by atoms with Gasteiger partial charge in [0.2, 0.25) is 5.91 Å². The number of aliphatic imine (C=N–C) groups is 1. The van der Waals surface area contributed by atoms with Gasteiger partial charge in [0.25, 0.3) is 0 Å². The van der Waals surface area contributed by atoms with E-state index >= 15 is 0 Å². The Morgan fingerprint density at radius 3 is 2.61 bits per heavy atom. The summed E-state index contributed by atoms with van der Waals surface area (Å²) in [7, 11) is 0.271. The van der Waals surface area contributed by atoms with Gasteiger partial charge in [-0.1, -0.05) is 30.0 Å². The molecule has 0 aliphatic carbocycles. The second-order valence-corrected chi connectivity index (χ2v) is 11.4. The van der Waals surface area contributed by atoms with E-state index in [-0.39, 0.29) is 35.1 Å². The maximum atomic E-state index is 12.3. The van der Waals surface area contributed by atoms with Crippen molar-refractivity contribution in [2.24, 2.45) is 4.99 Å². The summed E-state index contributed by atoms with van der Waals surface area (Å²) in [6.07, 6.45) is 0.947. The molecule has 1 saturated heterocycles. The SMILES string of the molecule is COc1ccc(CCNC(=O)Cc2ccc(NC3=N[C@H]4CS(=O)(=O)C[C@H]4S3)cc2)c(OC)c1. The van der Waals surface area contributed by atoms with Gasteiger partial charge in [0.05, 0.1) is 38.2 Å². The van der Waals surface area contributed by atoms with E-state index in [4.69, 9.17) is 9.47 Å². The summed E-state index contributed by atoms with van der Waals surface area (Å²) in [5, 5.41) is 6.96. The van der Waals surface area contributed by atoms with E-state index < -0.39 is 9.84 Å². The molecule has 0 bridgehead atoms. The van der Waals surface area contributed by atoms with E-state index in [0.717, 1.165) is 33.5 Å². The summed E-state index contributed by atoms with van der Waals surface area (Å²) in [5.74, 6) is 1.74. The number of hydrogen-bond donors (Lipinski definition) is 2. The number of ether oxygens (including phenoxy) is 2. The molecule has 2 aliphatic rings. The van der Waals surface area contributed by atoms with Crippen LogP contribution in [0, 0.1) is 0 Å². The van der Waals surface area contributed by atoms with Crippen molar-refractivity contribution in [1.29, 1.82) is 0 Å². The van der Waals surface area contributed by atoms with Gasteiger partial charge < -0.3 is 20.1 Å². The molecule has 2 heterocycles. The number of methoxy groups -OCH3 is 2. The molecule has 2 aromatic rings. The molecular formula is C23H27N3O5S2. The third-order valence-electron chi connectivity index (χ3n) is 5.60. The van der Waals surface area contributed by atoms with Crippen LogP contribution in [0.3, 0.4) is 0 Å². The number of sulfone groups is 1. The maximum Gasteiger partial charge on any atom is 0.224 e. The van der Waals surface area contributed by atoms with Crippen molar-refractivity contribution in [2.45, 2.75) is 24.1 Å². The lowest BCUT2D eigenvalue weighted by atomic mass is 10.1. The van der Waals surface area contributed by atoms with Crippen LogP contribution in [-0.4, -0.2) is 63.1 Å². The molecule has 1 amide bonds. The average Bonchev–Trinajstić information content (AvgIpc) is 3.27. The zero-order valence-electron chi connectivity index (χ0n) is 18.5. The lowest BCUT2D eigenvalue weighted by molar-refractivity contribution is -0.120. The second kappa shape index (κ2) is 10.0. The molecule has 2 N–H and O–H groups in total. The van der Waals surface area contributed by atoms with Crippen molar-refractivity contribution in [3.05, 3.63) is 53.6 Å². The van der Waals surface area contributed by atoms with Gasteiger partial charge in [-0.3, -0.25) is 9.79 Å². The Morgan fingerprint density at radius 1 is 1.12 bits per heavy atom. The van der Waals surface area contributed by atoms with Crippen LogP contribution in [0.1, 0.15) is 11.1 Å². The third-order valence-corrected chi connectivity index (χ3v) is 8.74. The Bertz CT molecular complexity index is 1150. The van der Waals surface area contributed by atoms with Crippen LogP contribution in [0.25, 0.3) is 0 Å². The van der Waals surface area contributed by atoms with Gasteiger partial charge in [0.1, 0.15) is 11.5 Å². The summed E-state index contributed by atoms with van der Waals surface area (Å²) in [4.78, 5) is 16.8. The zero-order valence-corrected chi connectivity index (χ0v) is 20.2. The van der Waals surface area contributed by atoms with Crippen LogP contribution in [0.15, 0.2) is 47.5 Å². The van der Waals surface area contributed by atoms with Crippen LogP contribution in [0.5, 0.6) is 11.5 Å². The molecular weight excluding hydrogens is 462 g/mol. The van der Waals surface area contributed by atoms with Crippen LogP contribution < -0.4 is 20.1 Å². The lowest BCUT2D eigenvalue weighted by Crippen LogP contribution is -2.27. The number of rotatable bonds is 8. The number of carbonyl (C=O) groups is 1. The molecule has 10 heteroatoms. The number of amides is 1. The van der Waals surface area contributed by atoms with Crippen LogP contribution in [0.4, 0.5) is 5.69 Å². The monoisotopic (exact) mass is 489 g/mol. The topological polar surface area (TPSA) is 106 Å². The number of fused-ring (bicyclic) bond motifs is 1. The van der Waals surface area contributed by atoms with Crippen LogP contribution in [-0.2, 0) is 27.5 Å².